The predicted octanol–water partition coefficient (Wildman–Crippen LogP) is 2.41. The van der Waals surface area contributed by atoms with E-state index in [1.165, 1.54) is 16.4 Å². The van der Waals surface area contributed by atoms with E-state index in [1.807, 2.05) is 31.2 Å². The lowest BCUT2D eigenvalue weighted by molar-refractivity contribution is -0.113. The SMILES string of the molecule is Cc1ccc(NC(=O)CSc2nnnn2-c2ccc(O)cc2)cc1. The van der Waals surface area contributed by atoms with Gasteiger partial charge in [-0.2, -0.15) is 4.68 Å². The summed E-state index contributed by atoms with van der Waals surface area (Å²) >= 11 is 1.24. The van der Waals surface area contributed by atoms with Crippen LogP contribution >= 0.6 is 11.8 Å². The average Bonchev–Trinajstić information content (AvgIpc) is 3.04. The number of phenolic OH excluding ortho intramolecular Hbond substituents is 1. The van der Waals surface area contributed by atoms with Gasteiger partial charge in [0.15, 0.2) is 0 Å². The monoisotopic (exact) mass is 341 g/mol. The first-order valence-electron chi connectivity index (χ1n) is 7.19. The Morgan fingerprint density at radius 3 is 2.58 bits per heavy atom. The molecule has 0 saturated carbocycles. The average molecular weight is 341 g/mol. The van der Waals surface area contributed by atoms with E-state index in [2.05, 4.69) is 20.8 Å². The first-order chi connectivity index (χ1) is 11.6. The van der Waals surface area contributed by atoms with Gasteiger partial charge in [-0.05, 0) is 53.7 Å². The van der Waals surface area contributed by atoms with Gasteiger partial charge in [0.2, 0.25) is 11.1 Å². The lowest BCUT2D eigenvalue weighted by atomic mass is 10.2. The highest BCUT2D eigenvalue weighted by molar-refractivity contribution is 7.99. The van der Waals surface area contributed by atoms with Gasteiger partial charge in [0.1, 0.15) is 5.75 Å². The number of benzene rings is 2. The molecule has 24 heavy (non-hydrogen) atoms. The third-order valence-electron chi connectivity index (χ3n) is 3.20. The van der Waals surface area contributed by atoms with E-state index in [4.69, 9.17) is 0 Å². The van der Waals surface area contributed by atoms with Gasteiger partial charge in [0, 0.05) is 5.69 Å². The molecule has 0 aliphatic carbocycles. The molecule has 1 heterocycles. The smallest absolute Gasteiger partial charge is 0.234 e. The molecule has 1 aromatic heterocycles. The number of rotatable bonds is 5. The van der Waals surface area contributed by atoms with Crippen LogP contribution in [0, 0.1) is 6.92 Å². The van der Waals surface area contributed by atoms with E-state index in [1.54, 1.807) is 24.3 Å². The number of tetrazole rings is 1. The Morgan fingerprint density at radius 1 is 1.17 bits per heavy atom. The van der Waals surface area contributed by atoms with Crippen LogP contribution in [0.3, 0.4) is 0 Å². The number of hydrogen-bond acceptors (Lipinski definition) is 6. The van der Waals surface area contributed by atoms with Crippen molar-refractivity contribution in [3.05, 3.63) is 54.1 Å². The number of nitrogens with one attached hydrogen (secondary N) is 1. The number of aromatic hydroxyl groups is 1. The number of aryl methyl sites for hydroxylation is 1. The molecule has 2 aromatic carbocycles. The zero-order valence-corrected chi connectivity index (χ0v) is 13.7. The fourth-order valence-electron chi connectivity index (χ4n) is 1.99. The predicted molar refractivity (Wildman–Crippen MR) is 91.4 cm³/mol. The summed E-state index contributed by atoms with van der Waals surface area (Å²) in [4.78, 5) is 12.0. The first-order valence-corrected chi connectivity index (χ1v) is 8.17. The summed E-state index contributed by atoms with van der Waals surface area (Å²) in [5, 5.41) is 24.1. The number of aromatic nitrogens is 4. The standard InChI is InChI=1S/C16H15N5O2S/c1-11-2-4-12(5-3-11)17-15(23)10-24-16-18-19-20-21(16)13-6-8-14(22)9-7-13/h2-9,22H,10H2,1H3,(H,17,23). The number of thioether (sulfide) groups is 1. The van der Waals surface area contributed by atoms with Crippen LogP contribution in [0.2, 0.25) is 0 Å². The molecule has 0 spiro atoms. The van der Waals surface area contributed by atoms with Crippen LogP contribution in [0.1, 0.15) is 5.56 Å². The highest BCUT2D eigenvalue weighted by Gasteiger charge is 2.11. The molecule has 0 unspecified atom stereocenters. The third kappa shape index (κ3) is 3.90. The molecule has 0 aliphatic heterocycles. The van der Waals surface area contributed by atoms with Gasteiger partial charge in [-0.3, -0.25) is 4.79 Å². The van der Waals surface area contributed by atoms with Crippen molar-refractivity contribution in [1.29, 1.82) is 0 Å². The summed E-state index contributed by atoms with van der Waals surface area (Å²) in [7, 11) is 0. The Morgan fingerprint density at radius 2 is 1.88 bits per heavy atom. The first kappa shape index (κ1) is 16.0. The fourth-order valence-corrected chi connectivity index (χ4v) is 2.68. The number of carbonyl (C=O) groups is 1. The molecule has 1 amide bonds. The molecule has 0 fully saturated rings. The van der Waals surface area contributed by atoms with Crippen LogP contribution in [0.25, 0.3) is 5.69 Å². The summed E-state index contributed by atoms with van der Waals surface area (Å²) < 4.78 is 1.52. The van der Waals surface area contributed by atoms with Crippen LogP contribution in [0.5, 0.6) is 5.75 Å². The molecule has 8 heteroatoms. The van der Waals surface area contributed by atoms with Gasteiger partial charge in [0.25, 0.3) is 0 Å². The lowest BCUT2D eigenvalue weighted by Gasteiger charge is -2.06. The minimum Gasteiger partial charge on any atom is -0.508 e. The van der Waals surface area contributed by atoms with Gasteiger partial charge in [-0.25, -0.2) is 0 Å². The fraction of sp³-hybridized carbons (Fsp3) is 0.125. The third-order valence-corrected chi connectivity index (χ3v) is 4.12. The van der Waals surface area contributed by atoms with Gasteiger partial charge in [-0.1, -0.05) is 29.5 Å². The summed E-state index contributed by atoms with van der Waals surface area (Å²) in [6.45, 7) is 1.99. The molecule has 0 bridgehead atoms. The minimum absolute atomic E-state index is 0.135. The van der Waals surface area contributed by atoms with Crippen LogP contribution in [-0.4, -0.2) is 37.0 Å². The Hall–Kier alpha value is -2.87. The Labute approximate surface area is 142 Å². The van der Waals surface area contributed by atoms with Crippen molar-refractivity contribution in [2.45, 2.75) is 12.1 Å². The Bertz CT molecular complexity index is 830. The van der Waals surface area contributed by atoms with Crippen molar-refractivity contribution >= 4 is 23.4 Å². The summed E-state index contributed by atoms with van der Waals surface area (Å²) in [5.74, 6) is 0.217. The van der Waals surface area contributed by atoms with Crippen LogP contribution < -0.4 is 5.32 Å². The molecular formula is C16H15N5O2S. The Kier molecular flexibility index (Phi) is 4.76. The van der Waals surface area contributed by atoms with E-state index in [9.17, 15) is 9.90 Å². The van der Waals surface area contributed by atoms with E-state index in [0.29, 0.717) is 10.8 Å². The molecule has 0 aliphatic rings. The summed E-state index contributed by atoms with van der Waals surface area (Å²) in [5.41, 5.74) is 2.60. The van der Waals surface area contributed by atoms with Gasteiger partial charge in [-0.15, -0.1) is 5.10 Å². The zero-order chi connectivity index (χ0) is 16.9. The highest BCUT2D eigenvalue weighted by Crippen LogP contribution is 2.20. The number of carbonyl (C=O) groups excluding carboxylic acids is 1. The molecule has 3 rings (SSSR count). The second-order valence-corrected chi connectivity index (χ2v) is 6.04. The number of nitrogens with zero attached hydrogens (tertiary/aromatic N) is 4. The van der Waals surface area contributed by atoms with Crippen molar-refractivity contribution < 1.29 is 9.90 Å². The quantitative estimate of drug-likeness (QED) is 0.692. The van der Waals surface area contributed by atoms with E-state index < -0.39 is 0 Å². The van der Waals surface area contributed by atoms with Crippen molar-refractivity contribution in [3.8, 4) is 11.4 Å². The minimum atomic E-state index is -0.135. The number of amides is 1. The Balaban J connectivity index is 1.63. The molecular weight excluding hydrogens is 326 g/mol. The van der Waals surface area contributed by atoms with Gasteiger partial charge in [0.05, 0.1) is 11.4 Å². The molecule has 0 atom stereocenters. The molecule has 0 radical (unpaired) electrons. The lowest BCUT2D eigenvalue weighted by Crippen LogP contribution is -2.14. The normalized spacial score (nSPS) is 10.5. The van der Waals surface area contributed by atoms with E-state index in [-0.39, 0.29) is 17.4 Å². The second-order valence-electron chi connectivity index (χ2n) is 5.09. The van der Waals surface area contributed by atoms with Crippen LogP contribution in [-0.2, 0) is 4.79 Å². The maximum atomic E-state index is 12.0. The molecule has 122 valence electrons. The van der Waals surface area contributed by atoms with Gasteiger partial charge >= 0.3 is 0 Å². The largest absolute Gasteiger partial charge is 0.508 e. The van der Waals surface area contributed by atoms with Crippen LogP contribution in [0.4, 0.5) is 5.69 Å². The van der Waals surface area contributed by atoms with Crippen molar-refractivity contribution in [1.82, 2.24) is 20.2 Å². The molecule has 7 nitrogen and oxygen atoms in total. The second kappa shape index (κ2) is 7.14. The van der Waals surface area contributed by atoms with Crippen molar-refractivity contribution in [2.75, 3.05) is 11.1 Å². The van der Waals surface area contributed by atoms with E-state index >= 15 is 0 Å². The van der Waals surface area contributed by atoms with Crippen molar-refractivity contribution in [3.63, 3.8) is 0 Å². The van der Waals surface area contributed by atoms with Gasteiger partial charge < -0.3 is 10.4 Å². The maximum absolute atomic E-state index is 12.0. The zero-order valence-electron chi connectivity index (χ0n) is 12.9. The maximum Gasteiger partial charge on any atom is 0.234 e. The number of hydrogen-bond donors (Lipinski definition) is 2. The van der Waals surface area contributed by atoms with Crippen molar-refractivity contribution in [2.24, 2.45) is 0 Å². The van der Waals surface area contributed by atoms with E-state index in [0.717, 1.165) is 11.3 Å². The molecule has 3 aromatic rings. The highest BCUT2D eigenvalue weighted by atomic mass is 32.2. The summed E-state index contributed by atoms with van der Waals surface area (Å²) in [6.07, 6.45) is 0. The number of phenols is 1. The summed E-state index contributed by atoms with van der Waals surface area (Å²) in [6, 6.07) is 14.1. The van der Waals surface area contributed by atoms with Crippen LogP contribution in [0.15, 0.2) is 53.7 Å². The molecule has 2 N–H and O–H groups in total. The number of anilines is 1. The topological polar surface area (TPSA) is 92.9 Å². The molecule has 0 saturated heterocycles.